The molecule has 0 aliphatic rings. The van der Waals surface area contributed by atoms with Crippen LogP contribution in [0.2, 0.25) is 0 Å². The van der Waals surface area contributed by atoms with Gasteiger partial charge in [-0.2, -0.15) is 0 Å². The zero-order valence-electron chi connectivity index (χ0n) is 11.5. The van der Waals surface area contributed by atoms with E-state index in [1.165, 1.54) is 0 Å². The Kier molecular flexibility index (Phi) is 4.18. The van der Waals surface area contributed by atoms with Gasteiger partial charge < -0.3 is 5.11 Å². The van der Waals surface area contributed by atoms with Gasteiger partial charge in [-0.3, -0.25) is 0 Å². The van der Waals surface area contributed by atoms with Crippen molar-refractivity contribution in [2.75, 3.05) is 0 Å². The van der Waals surface area contributed by atoms with Gasteiger partial charge in [0.05, 0.1) is 5.60 Å². The van der Waals surface area contributed by atoms with Crippen LogP contribution in [0.25, 0.3) is 11.6 Å². The van der Waals surface area contributed by atoms with Crippen molar-refractivity contribution < 1.29 is 5.11 Å². The van der Waals surface area contributed by atoms with Gasteiger partial charge in [0.2, 0.25) is 0 Å². The van der Waals surface area contributed by atoms with Crippen LogP contribution in [0.3, 0.4) is 0 Å². The molecule has 0 radical (unpaired) electrons. The fourth-order valence-electron chi connectivity index (χ4n) is 2.11. The number of aliphatic hydroxyl groups is 1. The summed E-state index contributed by atoms with van der Waals surface area (Å²) in [4.78, 5) is 0. The van der Waals surface area contributed by atoms with Crippen LogP contribution in [0.5, 0.6) is 0 Å². The van der Waals surface area contributed by atoms with Crippen molar-refractivity contribution in [1.29, 1.82) is 0 Å². The maximum absolute atomic E-state index is 10.1. The molecule has 0 aromatic heterocycles. The third-order valence-corrected chi connectivity index (χ3v) is 2.91. The van der Waals surface area contributed by atoms with Crippen molar-refractivity contribution in [1.82, 2.24) is 0 Å². The Labute approximate surface area is 115 Å². The third-order valence-electron chi connectivity index (χ3n) is 2.91. The third kappa shape index (κ3) is 4.38. The average molecular weight is 252 g/mol. The SMILES string of the molecule is CC(C)(O)CC(=Cc1ccccc1)c1ccccc1. The molecule has 1 heteroatoms. The summed E-state index contributed by atoms with van der Waals surface area (Å²) in [5.74, 6) is 0. The minimum atomic E-state index is -0.712. The highest BCUT2D eigenvalue weighted by atomic mass is 16.3. The molecule has 0 amide bonds. The van der Waals surface area contributed by atoms with Crippen molar-refractivity contribution in [3.63, 3.8) is 0 Å². The normalized spacial score (nSPS) is 12.5. The summed E-state index contributed by atoms with van der Waals surface area (Å²) in [6.45, 7) is 3.68. The lowest BCUT2D eigenvalue weighted by atomic mass is 9.92. The van der Waals surface area contributed by atoms with Crippen molar-refractivity contribution in [2.45, 2.75) is 25.9 Å². The minimum Gasteiger partial charge on any atom is -0.390 e. The molecular formula is C18H20O. The molecule has 0 atom stereocenters. The summed E-state index contributed by atoms with van der Waals surface area (Å²) < 4.78 is 0. The Morgan fingerprint density at radius 3 is 2.00 bits per heavy atom. The van der Waals surface area contributed by atoms with Gasteiger partial charge in [0.15, 0.2) is 0 Å². The van der Waals surface area contributed by atoms with E-state index >= 15 is 0 Å². The van der Waals surface area contributed by atoms with Crippen LogP contribution in [0.4, 0.5) is 0 Å². The Bertz CT molecular complexity index is 533. The second kappa shape index (κ2) is 5.85. The first-order chi connectivity index (χ1) is 9.04. The Morgan fingerprint density at radius 2 is 1.47 bits per heavy atom. The molecule has 2 aromatic rings. The molecule has 0 unspecified atom stereocenters. The standard InChI is InChI=1S/C18H20O/c1-18(2,19)14-17(16-11-7-4-8-12-16)13-15-9-5-3-6-10-15/h3-13,19H,14H2,1-2H3. The number of benzene rings is 2. The highest BCUT2D eigenvalue weighted by Crippen LogP contribution is 2.27. The van der Waals surface area contributed by atoms with Gasteiger partial charge in [-0.1, -0.05) is 66.7 Å². The van der Waals surface area contributed by atoms with E-state index in [0.29, 0.717) is 6.42 Å². The highest BCUT2D eigenvalue weighted by molar-refractivity contribution is 5.81. The quantitative estimate of drug-likeness (QED) is 0.800. The van der Waals surface area contributed by atoms with Crippen LogP contribution in [0, 0.1) is 0 Å². The molecule has 1 nitrogen and oxygen atoms in total. The smallest absolute Gasteiger partial charge is 0.0632 e. The molecule has 1 N–H and O–H groups in total. The van der Waals surface area contributed by atoms with Gasteiger partial charge in [0, 0.05) is 6.42 Å². The second-order valence-corrected chi connectivity index (χ2v) is 5.44. The zero-order valence-corrected chi connectivity index (χ0v) is 11.5. The maximum atomic E-state index is 10.1. The van der Waals surface area contributed by atoms with Gasteiger partial charge in [0.25, 0.3) is 0 Å². The second-order valence-electron chi connectivity index (χ2n) is 5.44. The molecule has 2 aromatic carbocycles. The first kappa shape index (κ1) is 13.6. The maximum Gasteiger partial charge on any atom is 0.0632 e. The Hall–Kier alpha value is -1.86. The molecular weight excluding hydrogens is 232 g/mol. The van der Waals surface area contributed by atoms with Gasteiger partial charge in [0.1, 0.15) is 0 Å². The van der Waals surface area contributed by atoms with Crippen LogP contribution in [-0.2, 0) is 0 Å². The molecule has 0 aliphatic heterocycles. The van der Waals surface area contributed by atoms with Gasteiger partial charge >= 0.3 is 0 Å². The van der Waals surface area contributed by atoms with Crippen molar-refractivity contribution in [3.05, 3.63) is 71.8 Å². The summed E-state index contributed by atoms with van der Waals surface area (Å²) in [6, 6.07) is 20.4. The predicted molar refractivity (Wildman–Crippen MR) is 81.7 cm³/mol. The number of hydrogen-bond acceptors (Lipinski definition) is 1. The molecule has 0 spiro atoms. The lowest BCUT2D eigenvalue weighted by Gasteiger charge is -2.20. The highest BCUT2D eigenvalue weighted by Gasteiger charge is 2.16. The predicted octanol–water partition coefficient (Wildman–Crippen LogP) is 4.39. The molecule has 0 aliphatic carbocycles. The Morgan fingerprint density at radius 1 is 0.947 bits per heavy atom. The van der Waals surface area contributed by atoms with Crippen molar-refractivity contribution in [3.8, 4) is 0 Å². The monoisotopic (exact) mass is 252 g/mol. The molecule has 0 heterocycles. The van der Waals surface area contributed by atoms with E-state index in [1.54, 1.807) is 0 Å². The molecule has 0 bridgehead atoms. The largest absolute Gasteiger partial charge is 0.390 e. The van der Waals surface area contributed by atoms with E-state index in [2.05, 4.69) is 30.3 Å². The summed E-state index contributed by atoms with van der Waals surface area (Å²) >= 11 is 0. The number of hydrogen-bond donors (Lipinski definition) is 1. The van der Waals surface area contributed by atoms with E-state index in [4.69, 9.17) is 0 Å². The average Bonchev–Trinajstić information content (AvgIpc) is 2.39. The lowest BCUT2D eigenvalue weighted by molar-refractivity contribution is 0.0865. The fraction of sp³-hybridized carbons (Fsp3) is 0.222. The van der Waals surface area contributed by atoms with Crippen LogP contribution in [0.15, 0.2) is 60.7 Å². The van der Waals surface area contributed by atoms with Crippen LogP contribution >= 0.6 is 0 Å². The van der Waals surface area contributed by atoms with Crippen molar-refractivity contribution >= 4 is 11.6 Å². The topological polar surface area (TPSA) is 20.2 Å². The summed E-state index contributed by atoms with van der Waals surface area (Å²) in [5, 5.41) is 10.1. The molecule has 98 valence electrons. The first-order valence-corrected chi connectivity index (χ1v) is 6.58. The van der Waals surface area contributed by atoms with Crippen LogP contribution < -0.4 is 0 Å². The van der Waals surface area contributed by atoms with Crippen molar-refractivity contribution in [2.24, 2.45) is 0 Å². The molecule has 0 fully saturated rings. The van der Waals surface area contributed by atoms with Crippen LogP contribution in [0.1, 0.15) is 31.4 Å². The molecule has 0 saturated carbocycles. The minimum absolute atomic E-state index is 0.631. The lowest BCUT2D eigenvalue weighted by Crippen LogP contribution is -2.18. The van der Waals surface area contributed by atoms with E-state index in [0.717, 1.165) is 16.7 Å². The fourth-order valence-corrected chi connectivity index (χ4v) is 2.11. The van der Waals surface area contributed by atoms with Gasteiger partial charge in [-0.15, -0.1) is 0 Å². The van der Waals surface area contributed by atoms with E-state index in [9.17, 15) is 5.11 Å². The van der Waals surface area contributed by atoms with E-state index < -0.39 is 5.60 Å². The van der Waals surface area contributed by atoms with Crippen LogP contribution in [-0.4, -0.2) is 10.7 Å². The van der Waals surface area contributed by atoms with E-state index in [-0.39, 0.29) is 0 Å². The molecule has 2 rings (SSSR count). The summed E-state index contributed by atoms with van der Waals surface area (Å²) in [7, 11) is 0. The number of rotatable bonds is 4. The van der Waals surface area contributed by atoms with Gasteiger partial charge in [-0.25, -0.2) is 0 Å². The zero-order chi connectivity index (χ0) is 13.7. The summed E-state index contributed by atoms with van der Waals surface area (Å²) in [5.41, 5.74) is 2.76. The van der Waals surface area contributed by atoms with Gasteiger partial charge in [-0.05, 0) is 30.5 Å². The van der Waals surface area contributed by atoms with E-state index in [1.807, 2.05) is 50.2 Å². The molecule has 0 saturated heterocycles. The summed E-state index contributed by atoms with van der Waals surface area (Å²) in [6.07, 6.45) is 2.78. The Balaban J connectivity index is 2.38. The molecule has 19 heavy (non-hydrogen) atoms. The first-order valence-electron chi connectivity index (χ1n) is 6.58.